The van der Waals surface area contributed by atoms with Crippen LogP contribution in [0.1, 0.15) is 11.1 Å². The molecule has 0 atom stereocenters. The number of hydrogen-bond acceptors (Lipinski definition) is 6. The van der Waals surface area contributed by atoms with E-state index < -0.39 is 8.07 Å². The summed E-state index contributed by atoms with van der Waals surface area (Å²) in [5.41, 5.74) is 31.0. The summed E-state index contributed by atoms with van der Waals surface area (Å²) in [6, 6.07) is 140. The van der Waals surface area contributed by atoms with Gasteiger partial charge in [-0.25, -0.2) is 0 Å². The van der Waals surface area contributed by atoms with Gasteiger partial charge in [0.15, 0.2) is 0 Å². The van der Waals surface area contributed by atoms with Gasteiger partial charge in [-0.15, -0.1) is 113 Å². The van der Waals surface area contributed by atoms with Crippen LogP contribution >= 0.6 is 0 Å². The Bertz CT molecular complexity index is 6030. The Morgan fingerprint density at radius 1 is 0.241 bits per heavy atom. The Morgan fingerprint density at radius 2 is 0.571 bits per heavy atom. The molecule has 17 rings (SSSR count). The maximum atomic E-state index is 5.08. The van der Waals surface area contributed by atoms with E-state index >= 15 is 0 Å². The first kappa shape index (κ1) is 76.4. The molecule has 0 spiro atoms. The van der Waals surface area contributed by atoms with Crippen molar-refractivity contribution in [2.24, 2.45) is 0 Å². The number of hydrogen-bond donors (Lipinski definition) is 0. The molecule has 0 amide bonds. The van der Waals surface area contributed by atoms with Gasteiger partial charge in [0.05, 0.1) is 19.4 Å². The van der Waals surface area contributed by atoms with Gasteiger partial charge in [-0.1, -0.05) is 298 Å². The van der Waals surface area contributed by atoms with Crippen LogP contribution in [0, 0.1) is 38.1 Å². The fourth-order valence-electron chi connectivity index (χ4n) is 14.3. The molecule has 13 aromatic carbocycles. The number of benzene rings is 13. The summed E-state index contributed by atoms with van der Waals surface area (Å²) in [6.45, 7) is 11.4. The van der Waals surface area contributed by atoms with Crippen LogP contribution in [0.5, 0.6) is 0 Å². The summed E-state index contributed by atoms with van der Waals surface area (Å²) in [5.74, 6) is 0. The van der Waals surface area contributed by atoms with E-state index in [9.17, 15) is 0 Å². The first-order valence-electron chi connectivity index (χ1n) is 37.2. The molecular formula is C103H78N6Pt2Si. The third kappa shape index (κ3) is 17.1. The third-order valence-corrected chi connectivity index (χ3v) is 21.9. The maximum absolute atomic E-state index is 5.08. The Morgan fingerprint density at radius 3 is 1.02 bits per heavy atom. The number of aromatic nitrogens is 4. The predicted octanol–water partition coefficient (Wildman–Crippen LogP) is 26.6. The molecule has 544 valence electrons. The average molecular weight is 1820 g/mol. The third-order valence-electron chi connectivity index (χ3n) is 19.9. The van der Waals surface area contributed by atoms with Crippen LogP contribution in [0.2, 0.25) is 19.6 Å². The normalized spacial score (nSPS) is 10.9. The van der Waals surface area contributed by atoms with Gasteiger partial charge in [0.2, 0.25) is 0 Å². The number of pyridine rings is 4. The van der Waals surface area contributed by atoms with Gasteiger partial charge in [-0.3, -0.25) is 0 Å². The van der Waals surface area contributed by atoms with Crippen molar-refractivity contribution in [2.75, 3.05) is 9.80 Å². The minimum Gasteiger partial charge on any atom is -0.346 e. The van der Waals surface area contributed by atoms with E-state index in [1.54, 1.807) is 0 Å². The van der Waals surface area contributed by atoms with Crippen molar-refractivity contribution in [3.05, 3.63) is 418 Å². The average Bonchev–Trinajstić information content (AvgIpc) is 0.777. The molecule has 112 heavy (non-hydrogen) atoms. The molecule has 4 aromatic heterocycles. The summed E-state index contributed by atoms with van der Waals surface area (Å²) in [5, 5.41) is 1.35. The molecule has 6 nitrogen and oxygen atoms in total. The predicted molar refractivity (Wildman–Crippen MR) is 461 cm³/mol. The van der Waals surface area contributed by atoms with E-state index in [-0.39, 0.29) is 42.1 Å². The topological polar surface area (TPSA) is 58.0 Å². The monoisotopic (exact) mass is 1820 g/mol. The zero-order valence-electron chi connectivity index (χ0n) is 62.7. The van der Waals surface area contributed by atoms with Crippen LogP contribution < -0.4 is 15.0 Å². The second-order valence-corrected chi connectivity index (χ2v) is 33.4. The molecule has 0 unspecified atom stereocenters. The van der Waals surface area contributed by atoms with Crippen LogP contribution in [-0.2, 0) is 42.1 Å². The Labute approximate surface area is 688 Å². The van der Waals surface area contributed by atoms with Crippen LogP contribution in [0.4, 0.5) is 34.1 Å². The quantitative estimate of drug-likeness (QED) is 0.0630. The minimum absolute atomic E-state index is 0. The summed E-state index contributed by atoms with van der Waals surface area (Å²) in [7, 11) is -1.69. The van der Waals surface area contributed by atoms with E-state index in [1.165, 1.54) is 33.0 Å². The Hall–Kier alpha value is -12.3. The molecule has 0 radical (unpaired) electrons. The minimum atomic E-state index is -1.69. The maximum Gasteiger partial charge on any atom is 2.00 e. The van der Waals surface area contributed by atoms with E-state index in [0.29, 0.717) is 0 Å². The standard InChI is InChI=1S/C53H37N3.C50H41N3Si.2Pt/c1-38-37-55-52(36-50(38)43-29-27-41(28-30-43)39-16-5-2-6-17-39)46-32-45(40-18-7-3-8-19-40)34-48(35-46)56(47-23-15-22-44(33-47)51-25-13-14-31-54-51)53-26-12-11-24-49(53)42-20-9-4-10-21-42;1-36-34-51-47(32-45(36)38-20-10-6-11-21-38)40-24-16-26-42(30-40)53(49-29-15-14-28-44(49)37-18-8-5-9-19-37)43-27-17-25-41(31-43)48-33-46(39-22-12-7-13-23-39)50(35-52-48)54(2,3)4;;/h2-32,34,36-37H,1H3;5-29,32-35H,1-4H3;;/q2*-2;2*+2. The number of para-hydroxylation sites is 2. The van der Waals surface area contributed by atoms with Gasteiger partial charge < -0.3 is 29.7 Å². The summed E-state index contributed by atoms with van der Waals surface area (Å²) < 4.78 is 0. The number of anilines is 6. The molecule has 0 bridgehead atoms. The summed E-state index contributed by atoms with van der Waals surface area (Å²) in [6.07, 6.45) is 7.86. The van der Waals surface area contributed by atoms with Crippen molar-refractivity contribution in [3.63, 3.8) is 0 Å². The van der Waals surface area contributed by atoms with Gasteiger partial charge in [0.25, 0.3) is 0 Å². The van der Waals surface area contributed by atoms with Crippen molar-refractivity contribution < 1.29 is 42.1 Å². The summed E-state index contributed by atoms with van der Waals surface area (Å²) >= 11 is 0. The van der Waals surface area contributed by atoms with Crippen molar-refractivity contribution in [2.45, 2.75) is 33.5 Å². The van der Waals surface area contributed by atoms with Crippen LogP contribution in [0.3, 0.4) is 0 Å². The molecule has 0 saturated heterocycles. The smallest absolute Gasteiger partial charge is 0.346 e. The van der Waals surface area contributed by atoms with E-state index in [0.717, 1.165) is 140 Å². The Balaban J connectivity index is 0.000000183. The van der Waals surface area contributed by atoms with Crippen molar-refractivity contribution >= 4 is 47.4 Å². The fourth-order valence-corrected chi connectivity index (χ4v) is 15.8. The van der Waals surface area contributed by atoms with E-state index in [4.69, 9.17) is 15.0 Å². The van der Waals surface area contributed by atoms with Gasteiger partial charge in [0.1, 0.15) is 0 Å². The van der Waals surface area contributed by atoms with Gasteiger partial charge in [-0.2, -0.15) is 0 Å². The SMILES string of the molecule is Cc1cnc(-c2[c-]c(N(c3[c-]c(-c4cc(-c5ccccc5)c([Si](C)(C)C)cn4)ccc3)c3ccccc3-c3ccccc3)ccc2)cc1-c1ccccc1.Cc1cnc(-c2[c-]c(N(c3[c-]c(-c4ccccn4)ccc3)c3ccccc3-c3ccccc3)cc(-c3ccccc3)c2)cc1-c1ccc(-c2ccccc2)cc1.[Pt+2].[Pt+2]. The molecule has 0 fully saturated rings. The van der Waals surface area contributed by atoms with Crippen LogP contribution in [0.25, 0.3) is 123 Å². The molecular weight excluding hydrogens is 1740 g/mol. The molecule has 17 aromatic rings. The van der Waals surface area contributed by atoms with Crippen molar-refractivity contribution in [3.8, 4) is 123 Å². The largest absolute Gasteiger partial charge is 2.00 e. The first-order valence-corrected chi connectivity index (χ1v) is 40.7. The second kappa shape index (κ2) is 35.1. The first-order chi connectivity index (χ1) is 54.0. The summed E-state index contributed by atoms with van der Waals surface area (Å²) in [4.78, 5) is 24.2. The molecule has 0 N–H and O–H groups in total. The van der Waals surface area contributed by atoms with Gasteiger partial charge in [-0.05, 0) is 155 Å². The number of nitrogens with zero attached hydrogens (tertiary/aromatic N) is 6. The van der Waals surface area contributed by atoms with E-state index in [1.807, 2.05) is 48.9 Å². The van der Waals surface area contributed by atoms with Crippen molar-refractivity contribution in [1.29, 1.82) is 0 Å². The zero-order valence-corrected chi connectivity index (χ0v) is 68.2. The molecule has 0 aliphatic rings. The number of rotatable bonds is 18. The molecule has 4 heterocycles. The van der Waals surface area contributed by atoms with E-state index in [2.05, 4.69) is 406 Å². The van der Waals surface area contributed by atoms with Gasteiger partial charge in [0, 0.05) is 35.9 Å². The second-order valence-electron chi connectivity index (χ2n) is 28.3. The molecule has 0 saturated carbocycles. The number of aryl methyl sites for hydroxylation is 2. The van der Waals surface area contributed by atoms with Gasteiger partial charge >= 0.3 is 42.1 Å². The molecule has 0 aliphatic heterocycles. The molecule has 9 heteroatoms. The van der Waals surface area contributed by atoms with Crippen molar-refractivity contribution in [1.82, 2.24) is 19.9 Å². The van der Waals surface area contributed by atoms with Crippen LogP contribution in [0.15, 0.2) is 383 Å². The Kier molecular flexibility index (Phi) is 24.0. The fraction of sp³-hybridized carbons (Fsp3) is 0.0485. The van der Waals surface area contributed by atoms with Crippen LogP contribution in [-0.4, -0.2) is 28.0 Å². The zero-order chi connectivity index (χ0) is 74.8. The molecule has 0 aliphatic carbocycles.